The number of nitrogens with one attached hydrogen (secondary N) is 1. The average molecular weight is 268 g/mol. The van der Waals surface area contributed by atoms with Crippen molar-refractivity contribution in [1.29, 1.82) is 0 Å². The van der Waals surface area contributed by atoms with Crippen molar-refractivity contribution in [2.45, 2.75) is 31.2 Å². The zero-order chi connectivity index (χ0) is 8.32. The highest BCUT2D eigenvalue weighted by Crippen LogP contribution is 2.33. The molecule has 2 nitrogen and oxygen atoms in total. The van der Waals surface area contributed by atoms with Gasteiger partial charge < -0.3 is 4.90 Å². The monoisotopic (exact) mass is 268 g/mol. The predicted molar refractivity (Wildman–Crippen MR) is 56.9 cm³/mol. The molecule has 0 aliphatic heterocycles. The lowest BCUT2D eigenvalue weighted by Crippen LogP contribution is -2.47. The van der Waals surface area contributed by atoms with E-state index >= 15 is 0 Å². The molecule has 3 heteroatoms. The Morgan fingerprint density at radius 3 is 2.27 bits per heavy atom. The van der Waals surface area contributed by atoms with E-state index in [4.69, 9.17) is 0 Å². The van der Waals surface area contributed by atoms with Crippen molar-refractivity contribution in [3.63, 3.8) is 0 Å². The summed E-state index contributed by atoms with van der Waals surface area (Å²) in [6.07, 6.45) is 5.51. The standard InChI is InChI=1S/C8H17IN2/c1-11(2)8(7-10-9)5-3-4-6-8/h10H,3-7H2,1-2H3. The lowest BCUT2D eigenvalue weighted by molar-refractivity contribution is 0.164. The molecule has 0 aromatic heterocycles. The Kier molecular flexibility index (Phi) is 3.58. The summed E-state index contributed by atoms with van der Waals surface area (Å²) in [6.45, 7) is 1.13. The Morgan fingerprint density at radius 2 is 1.91 bits per heavy atom. The molecule has 1 aliphatic rings. The van der Waals surface area contributed by atoms with Crippen molar-refractivity contribution >= 4 is 22.9 Å². The van der Waals surface area contributed by atoms with Crippen LogP contribution in [0.15, 0.2) is 0 Å². The van der Waals surface area contributed by atoms with Crippen LogP contribution in [0.1, 0.15) is 25.7 Å². The van der Waals surface area contributed by atoms with Crippen molar-refractivity contribution < 1.29 is 0 Å². The van der Waals surface area contributed by atoms with Crippen molar-refractivity contribution in [3.8, 4) is 0 Å². The van der Waals surface area contributed by atoms with E-state index in [1.807, 2.05) is 0 Å². The van der Waals surface area contributed by atoms with Gasteiger partial charge in [0.1, 0.15) is 0 Å². The highest BCUT2D eigenvalue weighted by molar-refractivity contribution is 14.1. The second kappa shape index (κ2) is 4.05. The quantitative estimate of drug-likeness (QED) is 0.620. The summed E-state index contributed by atoms with van der Waals surface area (Å²) in [5.41, 5.74) is 0.460. The van der Waals surface area contributed by atoms with Gasteiger partial charge in [0.2, 0.25) is 0 Å². The van der Waals surface area contributed by atoms with Gasteiger partial charge in [0, 0.05) is 34.9 Å². The molecule has 11 heavy (non-hydrogen) atoms. The van der Waals surface area contributed by atoms with E-state index in [2.05, 4.69) is 45.4 Å². The van der Waals surface area contributed by atoms with Crippen LogP contribution in [0.3, 0.4) is 0 Å². The van der Waals surface area contributed by atoms with Crippen LogP contribution in [0, 0.1) is 0 Å². The second-order valence-corrected chi connectivity index (χ2v) is 4.40. The fraction of sp³-hybridized carbons (Fsp3) is 1.00. The van der Waals surface area contributed by atoms with Crippen LogP contribution in [0.4, 0.5) is 0 Å². The summed E-state index contributed by atoms with van der Waals surface area (Å²) >= 11 is 2.24. The van der Waals surface area contributed by atoms with Gasteiger partial charge in [-0.3, -0.25) is 3.53 Å². The van der Waals surface area contributed by atoms with E-state index in [0.29, 0.717) is 5.54 Å². The molecule has 0 radical (unpaired) electrons. The van der Waals surface area contributed by atoms with Crippen LogP contribution in [-0.2, 0) is 0 Å². The zero-order valence-electron chi connectivity index (χ0n) is 7.36. The number of likely N-dealkylation sites (N-methyl/N-ethyl adjacent to an activating group) is 1. The smallest absolute Gasteiger partial charge is 0.0335 e. The molecule has 0 amide bonds. The van der Waals surface area contributed by atoms with Gasteiger partial charge in [0.25, 0.3) is 0 Å². The lowest BCUT2D eigenvalue weighted by Gasteiger charge is -2.35. The van der Waals surface area contributed by atoms with Crippen LogP contribution in [-0.4, -0.2) is 31.1 Å². The summed E-state index contributed by atoms with van der Waals surface area (Å²) in [7, 11) is 4.39. The molecule has 0 heterocycles. The minimum atomic E-state index is 0.460. The van der Waals surface area contributed by atoms with Gasteiger partial charge in [-0.1, -0.05) is 12.8 Å². The first-order valence-electron chi connectivity index (χ1n) is 4.22. The fourth-order valence-electron chi connectivity index (χ4n) is 1.94. The highest BCUT2D eigenvalue weighted by atomic mass is 127. The molecule has 0 aromatic carbocycles. The third kappa shape index (κ3) is 2.06. The van der Waals surface area contributed by atoms with Crippen molar-refractivity contribution in [2.24, 2.45) is 0 Å². The highest BCUT2D eigenvalue weighted by Gasteiger charge is 2.34. The summed E-state index contributed by atoms with van der Waals surface area (Å²) < 4.78 is 3.26. The first kappa shape index (κ1) is 9.74. The number of halogens is 1. The maximum atomic E-state index is 3.26. The van der Waals surface area contributed by atoms with Gasteiger partial charge in [-0.25, -0.2) is 0 Å². The van der Waals surface area contributed by atoms with E-state index in [-0.39, 0.29) is 0 Å². The molecule has 0 unspecified atom stereocenters. The molecule has 1 aliphatic carbocycles. The first-order chi connectivity index (χ1) is 5.21. The second-order valence-electron chi connectivity index (χ2n) is 3.64. The fourth-order valence-corrected chi connectivity index (χ4v) is 2.65. The first-order valence-corrected chi connectivity index (χ1v) is 5.30. The van der Waals surface area contributed by atoms with Crippen LogP contribution < -0.4 is 3.53 Å². The minimum Gasteiger partial charge on any atom is -0.302 e. The van der Waals surface area contributed by atoms with Gasteiger partial charge in [-0.2, -0.15) is 0 Å². The van der Waals surface area contributed by atoms with Crippen molar-refractivity contribution in [1.82, 2.24) is 8.43 Å². The van der Waals surface area contributed by atoms with E-state index in [0.717, 1.165) is 6.54 Å². The van der Waals surface area contributed by atoms with Crippen molar-refractivity contribution in [3.05, 3.63) is 0 Å². The Morgan fingerprint density at radius 1 is 1.36 bits per heavy atom. The molecule has 66 valence electrons. The average Bonchev–Trinajstić information content (AvgIpc) is 2.38. The van der Waals surface area contributed by atoms with E-state index in [1.54, 1.807) is 0 Å². The maximum absolute atomic E-state index is 3.26. The molecule has 1 rings (SSSR count). The molecule has 0 bridgehead atoms. The molecule has 0 saturated heterocycles. The van der Waals surface area contributed by atoms with Crippen LogP contribution in [0.5, 0.6) is 0 Å². The topological polar surface area (TPSA) is 15.3 Å². The maximum Gasteiger partial charge on any atom is 0.0335 e. The third-order valence-corrected chi connectivity index (χ3v) is 3.26. The van der Waals surface area contributed by atoms with E-state index < -0.39 is 0 Å². The zero-order valence-corrected chi connectivity index (χ0v) is 9.52. The van der Waals surface area contributed by atoms with E-state index in [9.17, 15) is 0 Å². The van der Waals surface area contributed by atoms with Gasteiger partial charge in [0.05, 0.1) is 0 Å². The van der Waals surface area contributed by atoms with Crippen LogP contribution >= 0.6 is 22.9 Å². The van der Waals surface area contributed by atoms with Crippen LogP contribution in [0.25, 0.3) is 0 Å². The summed E-state index contributed by atoms with van der Waals surface area (Å²) in [5, 5.41) is 0. The molecule has 0 spiro atoms. The molecular weight excluding hydrogens is 251 g/mol. The SMILES string of the molecule is CN(C)C1(CNI)CCCC1. The largest absolute Gasteiger partial charge is 0.302 e. The minimum absolute atomic E-state index is 0.460. The summed E-state index contributed by atoms with van der Waals surface area (Å²) in [5.74, 6) is 0. The number of hydrogen-bond donors (Lipinski definition) is 1. The number of nitrogens with zero attached hydrogens (tertiary/aromatic N) is 1. The van der Waals surface area contributed by atoms with Gasteiger partial charge in [-0.05, 0) is 26.9 Å². The normalized spacial score (nSPS) is 22.9. The Labute approximate surface area is 83.2 Å². The summed E-state index contributed by atoms with van der Waals surface area (Å²) in [6, 6.07) is 0. The summed E-state index contributed by atoms with van der Waals surface area (Å²) in [4.78, 5) is 2.38. The van der Waals surface area contributed by atoms with Gasteiger partial charge >= 0.3 is 0 Å². The molecule has 1 fully saturated rings. The Bertz CT molecular complexity index is 119. The van der Waals surface area contributed by atoms with Gasteiger partial charge in [-0.15, -0.1) is 0 Å². The number of hydrogen-bond acceptors (Lipinski definition) is 2. The molecule has 1 N–H and O–H groups in total. The van der Waals surface area contributed by atoms with Crippen LogP contribution in [0.2, 0.25) is 0 Å². The molecule has 0 aromatic rings. The predicted octanol–water partition coefficient (Wildman–Crippen LogP) is 1.80. The molecular formula is C8H17IN2. The number of rotatable bonds is 3. The lowest BCUT2D eigenvalue weighted by atomic mass is 9.97. The van der Waals surface area contributed by atoms with Crippen molar-refractivity contribution in [2.75, 3.05) is 20.6 Å². The van der Waals surface area contributed by atoms with E-state index in [1.165, 1.54) is 25.7 Å². The van der Waals surface area contributed by atoms with Gasteiger partial charge in [0.15, 0.2) is 0 Å². The molecule has 1 saturated carbocycles. The third-order valence-electron chi connectivity index (χ3n) is 2.88. The Balaban J connectivity index is 2.55. The molecule has 0 atom stereocenters. The Hall–Kier alpha value is 0.650.